The highest BCUT2D eigenvalue weighted by molar-refractivity contribution is 5.05. The van der Waals surface area contributed by atoms with Crippen LogP contribution >= 0.6 is 0 Å². The van der Waals surface area contributed by atoms with Crippen molar-refractivity contribution in [1.29, 1.82) is 0 Å². The number of nitrogens with zero attached hydrogens (tertiary/aromatic N) is 2. The van der Waals surface area contributed by atoms with Crippen LogP contribution in [0.15, 0.2) is 12.4 Å². The molecule has 0 amide bonds. The van der Waals surface area contributed by atoms with Crippen molar-refractivity contribution in [2.24, 2.45) is 5.92 Å². The highest BCUT2D eigenvalue weighted by Crippen LogP contribution is 2.21. The van der Waals surface area contributed by atoms with Crippen LogP contribution in [0.5, 0.6) is 0 Å². The van der Waals surface area contributed by atoms with Gasteiger partial charge in [0.05, 0.1) is 6.04 Å². The smallest absolute Gasteiger partial charge is 0.145 e. The first-order chi connectivity index (χ1) is 8.19. The van der Waals surface area contributed by atoms with Crippen LogP contribution < -0.4 is 5.32 Å². The largest absolute Gasteiger partial charge is 0.385 e. The minimum atomic E-state index is 0.204. The van der Waals surface area contributed by atoms with E-state index in [1.165, 1.54) is 0 Å². The average Bonchev–Trinajstić information content (AvgIpc) is 2.34. The highest BCUT2D eigenvalue weighted by Gasteiger charge is 2.20. The first-order valence-corrected chi connectivity index (χ1v) is 6.19. The maximum absolute atomic E-state index is 5.13. The summed E-state index contributed by atoms with van der Waals surface area (Å²) in [7, 11) is 1.73. The zero-order valence-electron chi connectivity index (χ0n) is 11.2. The molecule has 0 bridgehead atoms. The molecule has 4 heteroatoms. The Hall–Kier alpha value is -1.00. The minimum absolute atomic E-state index is 0.204. The molecule has 2 atom stereocenters. The molecule has 0 radical (unpaired) electrons. The number of aromatic nitrogens is 2. The Labute approximate surface area is 104 Å². The number of rotatable bonds is 7. The average molecular weight is 237 g/mol. The van der Waals surface area contributed by atoms with Gasteiger partial charge in [0, 0.05) is 26.1 Å². The lowest BCUT2D eigenvalue weighted by molar-refractivity contribution is 0.169. The van der Waals surface area contributed by atoms with Gasteiger partial charge in [0.25, 0.3) is 0 Å². The van der Waals surface area contributed by atoms with Crippen molar-refractivity contribution < 1.29 is 4.74 Å². The van der Waals surface area contributed by atoms with Gasteiger partial charge in [-0.2, -0.15) is 0 Å². The van der Waals surface area contributed by atoms with Crippen molar-refractivity contribution in [2.75, 3.05) is 20.3 Å². The number of ether oxygens (including phenoxy) is 1. The molecule has 17 heavy (non-hydrogen) atoms. The molecule has 0 aromatic carbocycles. The van der Waals surface area contributed by atoms with Crippen LogP contribution in [0.3, 0.4) is 0 Å². The van der Waals surface area contributed by atoms with Crippen LogP contribution in [-0.2, 0) is 4.74 Å². The number of aryl methyl sites for hydroxylation is 1. The number of hydrogen-bond donors (Lipinski definition) is 1. The molecule has 0 saturated carbocycles. The van der Waals surface area contributed by atoms with E-state index < -0.39 is 0 Å². The Balaban J connectivity index is 2.73. The molecule has 0 aliphatic carbocycles. The standard InChI is InChI=1S/C13H23N3O/c1-5-14-12(11(3)6-7-17-4)13-15-8-10(2)9-16-13/h8-9,11-12,14H,5-7H2,1-4H3. The summed E-state index contributed by atoms with van der Waals surface area (Å²) in [5.74, 6) is 1.33. The molecule has 0 fully saturated rings. The van der Waals surface area contributed by atoms with Gasteiger partial charge in [0.2, 0.25) is 0 Å². The van der Waals surface area contributed by atoms with Gasteiger partial charge < -0.3 is 10.1 Å². The van der Waals surface area contributed by atoms with Crippen LogP contribution in [-0.4, -0.2) is 30.2 Å². The second kappa shape index (κ2) is 7.35. The first kappa shape index (κ1) is 14.1. The summed E-state index contributed by atoms with van der Waals surface area (Å²) in [5.41, 5.74) is 1.09. The molecule has 0 spiro atoms. The molecule has 1 N–H and O–H groups in total. The van der Waals surface area contributed by atoms with Gasteiger partial charge in [-0.05, 0) is 31.4 Å². The van der Waals surface area contributed by atoms with Crippen molar-refractivity contribution in [3.05, 3.63) is 23.8 Å². The van der Waals surface area contributed by atoms with Gasteiger partial charge in [-0.3, -0.25) is 0 Å². The Bertz CT molecular complexity index is 313. The molecule has 0 aliphatic rings. The Morgan fingerprint density at radius 2 is 2.00 bits per heavy atom. The number of hydrogen-bond acceptors (Lipinski definition) is 4. The fourth-order valence-electron chi connectivity index (χ4n) is 1.80. The maximum Gasteiger partial charge on any atom is 0.145 e. The molecule has 1 heterocycles. The summed E-state index contributed by atoms with van der Waals surface area (Å²) in [6, 6.07) is 0.204. The predicted molar refractivity (Wildman–Crippen MR) is 68.8 cm³/mol. The van der Waals surface area contributed by atoms with Gasteiger partial charge >= 0.3 is 0 Å². The van der Waals surface area contributed by atoms with Gasteiger partial charge in [0.1, 0.15) is 5.82 Å². The van der Waals surface area contributed by atoms with Crippen LogP contribution in [0.25, 0.3) is 0 Å². The van der Waals surface area contributed by atoms with E-state index in [4.69, 9.17) is 4.74 Å². The van der Waals surface area contributed by atoms with Crippen molar-refractivity contribution in [1.82, 2.24) is 15.3 Å². The lowest BCUT2D eigenvalue weighted by atomic mass is 9.97. The summed E-state index contributed by atoms with van der Waals surface area (Å²) < 4.78 is 5.13. The van der Waals surface area contributed by atoms with E-state index in [9.17, 15) is 0 Å². The first-order valence-electron chi connectivity index (χ1n) is 6.19. The molecule has 1 aromatic heterocycles. The SMILES string of the molecule is CCNC(c1ncc(C)cn1)C(C)CCOC. The molecule has 4 nitrogen and oxygen atoms in total. The van der Waals surface area contributed by atoms with E-state index in [1.54, 1.807) is 7.11 Å². The molecule has 0 saturated heterocycles. The van der Waals surface area contributed by atoms with E-state index >= 15 is 0 Å². The van der Waals surface area contributed by atoms with E-state index in [-0.39, 0.29) is 6.04 Å². The third-order valence-corrected chi connectivity index (χ3v) is 2.85. The van der Waals surface area contributed by atoms with Crippen molar-refractivity contribution in [2.45, 2.75) is 33.2 Å². The Morgan fingerprint density at radius 3 is 2.53 bits per heavy atom. The molecule has 96 valence electrons. The fourth-order valence-corrected chi connectivity index (χ4v) is 1.80. The van der Waals surface area contributed by atoms with Crippen LogP contribution in [0.1, 0.15) is 37.7 Å². The zero-order valence-corrected chi connectivity index (χ0v) is 11.2. The van der Waals surface area contributed by atoms with Gasteiger partial charge in [0.15, 0.2) is 0 Å². The van der Waals surface area contributed by atoms with Crippen LogP contribution in [0.2, 0.25) is 0 Å². The monoisotopic (exact) mass is 237 g/mol. The molecular formula is C13H23N3O. The highest BCUT2D eigenvalue weighted by atomic mass is 16.5. The summed E-state index contributed by atoms with van der Waals surface area (Å²) in [6.45, 7) is 7.99. The zero-order chi connectivity index (χ0) is 12.7. The topological polar surface area (TPSA) is 47.0 Å². The second-order valence-corrected chi connectivity index (χ2v) is 4.41. The van der Waals surface area contributed by atoms with E-state index in [0.717, 1.165) is 31.0 Å². The second-order valence-electron chi connectivity index (χ2n) is 4.41. The summed E-state index contributed by atoms with van der Waals surface area (Å²) in [5, 5.41) is 3.45. The maximum atomic E-state index is 5.13. The van der Waals surface area contributed by atoms with Gasteiger partial charge in [-0.1, -0.05) is 13.8 Å². The lowest BCUT2D eigenvalue weighted by Crippen LogP contribution is -2.29. The third kappa shape index (κ3) is 4.40. The van der Waals surface area contributed by atoms with Crippen molar-refractivity contribution in [3.63, 3.8) is 0 Å². The van der Waals surface area contributed by atoms with Crippen molar-refractivity contribution >= 4 is 0 Å². The normalized spacial score (nSPS) is 14.6. The van der Waals surface area contributed by atoms with E-state index in [2.05, 4.69) is 29.1 Å². The molecule has 0 aliphatic heterocycles. The third-order valence-electron chi connectivity index (χ3n) is 2.85. The molecular weight excluding hydrogens is 214 g/mol. The quantitative estimate of drug-likeness (QED) is 0.789. The van der Waals surface area contributed by atoms with E-state index in [0.29, 0.717) is 5.92 Å². The fraction of sp³-hybridized carbons (Fsp3) is 0.692. The minimum Gasteiger partial charge on any atom is -0.385 e. The molecule has 2 unspecified atom stereocenters. The van der Waals surface area contributed by atoms with Crippen LogP contribution in [0.4, 0.5) is 0 Å². The van der Waals surface area contributed by atoms with Crippen molar-refractivity contribution in [3.8, 4) is 0 Å². The van der Waals surface area contributed by atoms with Gasteiger partial charge in [-0.25, -0.2) is 9.97 Å². The van der Waals surface area contributed by atoms with E-state index in [1.807, 2.05) is 19.3 Å². The lowest BCUT2D eigenvalue weighted by Gasteiger charge is -2.23. The predicted octanol–water partition coefficient (Wildman–Crippen LogP) is 2.11. The summed E-state index contributed by atoms with van der Waals surface area (Å²) >= 11 is 0. The summed E-state index contributed by atoms with van der Waals surface area (Å²) in [6.07, 6.45) is 4.75. The van der Waals surface area contributed by atoms with Crippen LogP contribution in [0, 0.1) is 12.8 Å². The molecule has 1 rings (SSSR count). The summed E-state index contributed by atoms with van der Waals surface area (Å²) in [4.78, 5) is 8.82. The number of methoxy groups -OCH3 is 1. The van der Waals surface area contributed by atoms with Gasteiger partial charge in [-0.15, -0.1) is 0 Å². The molecule has 1 aromatic rings. The Morgan fingerprint density at radius 1 is 1.35 bits per heavy atom. The number of nitrogens with one attached hydrogen (secondary N) is 1. The Kier molecular flexibility index (Phi) is 6.08.